The smallest absolute Gasteiger partial charge is 0.335 e. The van der Waals surface area contributed by atoms with Crippen molar-refractivity contribution in [2.75, 3.05) is 26.8 Å². The van der Waals surface area contributed by atoms with Gasteiger partial charge in [-0.3, -0.25) is 9.88 Å². The average Bonchev–Trinajstić information content (AvgIpc) is 3.35. The summed E-state index contributed by atoms with van der Waals surface area (Å²) in [7, 11) is 1.67. The summed E-state index contributed by atoms with van der Waals surface area (Å²) >= 11 is 0. The van der Waals surface area contributed by atoms with Crippen LogP contribution < -0.4 is 4.74 Å². The van der Waals surface area contributed by atoms with Crippen LogP contribution in [0.2, 0.25) is 0 Å². The number of methoxy groups -OCH3 is 1. The van der Waals surface area contributed by atoms with Crippen LogP contribution in [-0.4, -0.2) is 62.3 Å². The maximum Gasteiger partial charge on any atom is 0.335 e. The molecule has 0 amide bonds. The zero-order valence-electron chi connectivity index (χ0n) is 23.1. The Morgan fingerprint density at radius 3 is 2.73 bits per heavy atom. The Morgan fingerprint density at radius 1 is 1.02 bits per heavy atom. The van der Waals surface area contributed by atoms with Crippen molar-refractivity contribution in [3.63, 3.8) is 0 Å². The lowest BCUT2D eigenvalue weighted by atomic mass is 9.93. The molecule has 4 heterocycles. The van der Waals surface area contributed by atoms with E-state index in [1.54, 1.807) is 31.5 Å². The van der Waals surface area contributed by atoms with Gasteiger partial charge in [-0.1, -0.05) is 18.2 Å². The van der Waals surface area contributed by atoms with Crippen LogP contribution in [0.5, 0.6) is 5.88 Å². The van der Waals surface area contributed by atoms with Crippen LogP contribution in [0, 0.1) is 0 Å². The van der Waals surface area contributed by atoms with Crippen LogP contribution in [0.3, 0.4) is 0 Å². The number of hydrogen-bond acceptors (Lipinski definition) is 7. The summed E-state index contributed by atoms with van der Waals surface area (Å²) in [6.45, 7) is 4.16. The van der Waals surface area contributed by atoms with Gasteiger partial charge in [0, 0.05) is 49.1 Å². The number of carbonyl (C=O) groups is 1. The fourth-order valence-electron chi connectivity index (χ4n) is 5.57. The molecule has 5 aromatic rings. The number of nitrogens with zero attached hydrogens (tertiary/aromatic N) is 5. The standard InChI is InChI=1S/C32H33N5O4/c1-40-16-15-37-29-18-25(32(38)39)7-8-28(29)34-30(37)20-36-13-10-24(11-14-36)27-3-2-4-31(35-27)41-21-22-5-6-23-9-12-33-19-26(23)17-22/h2-9,12,17-19,24H,10-11,13-16,20-21H2,1H3,(H,38,39). The number of hydrogen-bond donors (Lipinski definition) is 1. The summed E-state index contributed by atoms with van der Waals surface area (Å²) in [5, 5.41) is 11.7. The molecule has 0 unspecified atom stereocenters. The summed E-state index contributed by atoms with van der Waals surface area (Å²) in [4.78, 5) is 27.9. The molecule has 0 spiro atoms. The summed E-state index contributed by atoms with van der Waals surface area (Å²) in [5.74, 6) is 0.996. The molecule has 9 heteroatoms. The number of carboxylic acids is 1. The van der Waals surface area contributed by atoms with Crippen LogP contribution >= 0.6 is 0 Å². The minimum absolute atomic E-state index is 0.261. The van der Waals surface area contributed by atoms with Crippen molar-refractivity contribution in [2.45, 2.75) is 38.5 Å². The van der Waals surface area contributed by atoms with E-state index in [4.69, 9.17) is 19.4 Å². The van der Waals surface area contributed by atoms with Gasteiger partial charge >= 0.3 is 5.97 Å². The topological polar surface area (TPSA) is 103 Å². The molecule has 41 heavy (non-hydrogen) atoms. The van der Waals surface area contributed by atoms with Crippen molar-refractivity contribution < 1.29 is 19.4 Å². The summed E-state index contributed by atoms with van der Waals surface area (Å²) < 4.78 is 13.5. The molecule has 3 aromatic heterocycles. The fraction of sp³-hybridized carbons (Fsp3) is 0.312. The third kappa shape index (κ3) is 6.06. The number of carboxylic acid groups (broad SMARTS) is 1. The molecule has 0 radical (unpaired) electrons. The number of likely N-dealkylation sites (tertiary alicyclic amines) is 1. The minimum Gasteiger partial charge on any atom is -0.478 e. The molecule has 0 bridgehead atoms. The third-order valence-electron chi connectivity index (χ3n) is 7.80. The zero-order chi connectivity index (χ0) is 28.2. The lowest BCUT2D eigenvalue weighted by molar-refractivity contribution is 0.0697. The molecular formula is C32H33N5O4. The van der Waals surface area contributed by atoms with Gasteiger partial charge in [0.2, 0.25) is 5.88 Å². The van der Waals surface area contributed by atoms with E-state index in [0.29, 0.717) is 38.1 Å². The van der Waals surface area contributed by atoms with Gasteiger partial charge in [-0.15, -0.1) is 0 Å². The van der Waals surface area contributed by atoms with E-state index in [2.05, 4.69) is 38.7 Å². The van der Waals surface area contributed by atoms with E-state index in [9.17, 15) is 9.90 Å². The molecule has 0 saturated carbocycles. The number of aromatic nitrogens is 4. The highest BCUT2D eigenvalue weighted by molar-refractivity contribution is 5.92. The number of imidazole rings is 1. The summed E-state index contributed by atoms with van der Waals surface area (Å²) in [6, 6.07) is 19.4. The second-order valence-corrected chi connectivity index (χ2v) is 10.5. The number of piperidine rings is 1. The van der Waals surface area contributed by atoms with Crippen LogP contribution in [0.4, 0.5) is 0 Å². The Labute approximate surface area is 238 Å². The predicted octanol–water partition coefficient (Wildman–Crippen LogP) is 5.28. The van der Waals surface area contributed by atoms with Gasteiger partial charge in [0.1, 0.15) is 12.4 Å². The van der Waals surface area contributed by atoms with Gasteiger partial charge in [0.05, 0.1) is 29.7 Å². The van der Waals surface area contributed by atoms with E-state index < -0.39 is 5.97 Å². The third-order valence-corrected chi connectivity index (χ3v) is 7.80. The number of fused-ring (bicyclic) bond motifs is 2. The fourth-order valence-corrected chi connectivity index (χ4v) is 5.57. The normalized spacial score (nSPS) is 14.6. The lowest BCUT2D eigenvalue weighted by Crippen LogP contribution is -2.33. The van der Waals surface area contributed by atoms with E-state index >= 15 is 0 Å². The quantitative estimate of drug-likeness (QED) is 0.250. The van der Waals surface area contributed by atoms with E-state index in [-0.39, 0.29) is 5.56 Å². The van der Waals surface area contributed by atoms with Crippen LogP contribution in [0.1, 0.15) is 46.2 Å². The molecule has 0 atom stereocenters. The highest BCUT2D eigenvalue weighted by Crippen LogP contribution is 2.29. The van der Waals surface area contributed by atoms with Gasteiger partial charge in [-0.05, 0) is 73.3 Å². The van der Waals surface area contributed by atoms with Crippen molar-refractivity contribution in [3.8, 4) is 5.88 Å². The first-order valence-electron chi connectivity index (χ1n) is 13.9. The Bertz CT molecular complexity index is 1680. The largest absolute Gasteiger partial charge is 0.478 e. The van der Waals surface area contributed by atoms with Crippen molar-refractivity contribution in [1.82, 2.24) is 24.4 Å². The minimum atomic E-state index is -0.940. The number of ether oxygens (including phenoxy) is 2. The van der Waals surface area contributed by atoms with Crippen molar-refractivity contribution in [1.29, 1.82) is 0 Å². The Morgan fingerprint density at radius 2 is 1.90 bits per heavy atom. The number of pyridine rings is 2. The molecule has 6 rings (SSSR count). The molecule has 1 aliphatic heterocycles. The molecule has 1 saturated heterocycles. The summed E-state index contributed by atoms with van der Waals surface area (Å²) in [6.07, 6.45) is 5.66. The number of benzene rings is 2. The second kappa shape index (κ2) is 12.0. The lowest BCUT2D eigenvalue weighted by Gasteiger charge is -2.31. The average molecular weight is 552 g/mol. The van der Waals surface area contributed by atoms with Gasteiger partial charge < -0.3 is 19.1 Å². The van der Waals surface area contributed by atoms with Crippen LogP contribution in [-0.2, 0) is 24.4 Å². The predicted molar refractivity (Wildman–Crippen MR) is 156 cm³/mol. The zero-order valence-corrected chi connectivity index (χ0v) is 23.1. The first-order chi connectivity index (χ1) is 20.1. The van der Waals surface area contributed by atoms with Gasteiger partial charge in [0.15, 0.2) is 0 Å². The number of rotatable bonds is 10. The summed E-state index contributed by atoms with van der Waals surface area (Å²) in [5.41, 5.74) is 4.04. The SMILES string of the molecule is COCCn1c(CN2CCC(c3cccc(OCc4ccc5ccncc5c4)n3)CC2)nc2ccc(C(=O)O)cc21. The highest BCUT2D eigenvalue weighted by Gasteiger charge is 2.24. The Balaban J connectivity index is 1.09. The molecular weight excluding hydrogens is 518 g/mol. The molecule has 1 N–H and O–H groups in total. The van der Waals surface area contributed by atoms with E-state index in [1.165, 1.54) is 0 Å². The Kier molecular flexibility index (Phi) is 7.89. The molecule has 1 fully saturated rings. The monoisotopic (exact) mass is 551 g/mol. The molecule has 2 aromatic carbocycles. The van der Waals surface area contributed by atoms with Gasteiger partial charge in [-0.2, -0.15) is 0 Å². The second-order valence-electron chi connectivity index (χ2n) is 10.5. The van der Waals surface area contributed by atoms with Gasteiger partial charge in [0.25, 0.3) is 0 Å². The number of aromatic carboxylic acids is 1. The van der Waals surface area contributed by atoms with Crippen LogP contribution in [0.25, 0.3) is 21.8 Å². The molecule has 9 nitrogen and oxygen atoms in total. The Hall–Kier alpha value is -4.34. The molecule has 0 aliphatic carbocycles. The highest BCUT2D eigenvalue weighted by atomic mass is 16.5. The van der Waals surface area contributed by atoms with E-state index in [0.717, 1.165) is 64.8 Å². The first kappa shape index (κ1) is 26.9. The molecule has 210 valence electrons. The van der Waals surface area contributed by atoms with Crippen molar-refractivity contribution in [3.05, 3.63) is 95.7 Å². The van der Waals surface area contributed by atoms with Crippen molar-refractivity contribution in [2.24, 2.45) is 0 Å². The first-order valence-corrected chi connectivity index (χ1v) is 13.9. The molecule has 1 aliphatic rings. The van der Waals surface area contributed by atoms with Gasteiger partial charge in [-0.25, -0.2) is 14.8 Å². The maximum atomic E-state index is 11.5. The van der Waals surface area contributed by atoms with Crippen LogP contribution in [0.15, 0.2) is 73.1 Å². The van der Waals surface area contributed by atoms with E-state index in [1.807, 2.05) is 24.4 Å². The maximum absolute atomic E-state index is 11.5. The van der Waals surface area contributed by atoms with Crippen molar-refractivity contribution >= 4 is 27.8 Å².